The van der Waals surface area contributed by atoms with Crippen LogP contribution in [0, 0.1) is 12.8 Å². The molecular formula is C17H23N5O2S. The minimum atomic E-state index is 0.0555. The van der Waals surface area contributed by atoms with Crippen molar-refractivity contribution >= 4 is 23.2 Å². The lowest BCUT2D eigenvalue weighted by Gasteiger charge is -2.30. The molecule has 0 aromatic carbocycles. The summed E-state index contributed by atoms with van der Waals surface area (Å²) in [7, 11) is 0. The van der Waals surface area contributed by atoms with Crippen molar-refractivity contribution in [1.82, 2.24) is 20.4 Å². The van der Waals surface area contributed by atoms with E-state index in [1.807, 2.05) is 12.3 Å². The molecule has 1 amide bonds. The maximum atomic E-state index is 12.0. The summed E-state index contributed by atoms with van der Waals surface area (Å²) in [6, 6.07) is 0. The van der Waals surface area contributed by atoms with Crippen molar-refractivity contribution in [3.8, 4) is 0 Å². The SMILES string of the molecule is Cc1nc(CC(=O)NCC2CCN(c3noc(C4CC4)n3)CC2)cs1. The van der Waals surface area contributed by atoms with E-state index >= 15 is 0 Å². The molecule has 1 saturated carbocycles. The predicted octanol–water partition coefficient (Wildman–Crippen LogP) is 2.29. The third-order valence-electron chi connectivity index (χ3n) is 4.85. The summed E-state index contributed by atoms with van der Waals surface area (Å²) in [5.74, 6) is 2.58. The Balaban J connectivity index is 1.20. The first-order chi connectivity index (χ1) is 12.2. The highest BCUT2D eigenvalue weighted by Gasteiger charge is 2.31. The van der Waals surface area contributed by atoms with Gasteiger partial charge in [-0.1, -0.05) is 0 Å². The van der Waals surface area contributed by atoms with Crippen molar-refractivity contribution in [2.75, 3.05) is 24.5 Å². The van der Waals surface area contributed by atoms with Gasteiger partial charge >= 0.3 is 0 Å². The summed E-state index contributed by atoms with van der Waals surface area (Å²) in [6.45, 7) is 4.51. The van der Waals surface area contributed by atoms with Crippen LogP contribution >= 0.6 is 11.3 Å². The van der Waals surface area contributed by atoms with Crippen LogP contribution in [0.15, 0.2) is 9.90 Å². The highest BCUT2D eigenvalue weighted by atomic mass is 32.1. The van der Waals surface area contributed by atoms with Gasteiger partial charge in [0.1, 0.15) is 0 Å². The first kappa shape index (κ1) is 16.5. The monoisotopic (exact) mass is 361 g/mol. The number of rotatable bonds is 6. The van der Waals surface area contributed by atoms with Crippen molar-refractivity contribution in [2.45, 2.75) is 44.9 Å². The molecule has 1 aliphatic heterocycles. The second-order valence-electron chi connectivity index (χ2n) is 6.98. The number of carbonyl (C=O) groups excluding carboxylic acids is 1. The minimum Gasteiger partial charge on any atom is -0.355 e. The van der Waals surface area contributed by atoms with Gasteiger partial charge in [0, 0.05) is 30.9 Å². The quantitative estimate of drug-likeness (QED) is 0.850. The lowest BCUT2D eigenvalue weighted by atomic mass is 9.97. The highest BCUT2D eigenvalue weighted by molar-refractivity contribution is 7.09. The number of aromatic nitrogens is 3. The molecule has 134 valence electrons. The summed E-state index contributed by atoms with van der Waals surface area (Å²) < 4.78 is 5.34. The Morgan fingerprint density at radius 3 is 2.80 bits per heavy atom. The van der Waals surface area contributed by atoms with Crippen LogP contribution in [0.25, 0.3) is 0 Å². The molecule has 3 heterocycles. The summed E-state index contributed by atoms with van der Waals surface area (Å²) in [6.07, 6.45) is 4.77. The summed E-state index contributed by atoms with van der Waals surface area (Å²) >= 11 is 1.58. The minimum absolute atomic E-state index is 0.0555. The summed E-state index contributed by atoms with van der Waals surface area (Å²) in [5.41, 5.74) is 0.860. The Morgan fingerprint density at radius 2 is 2.12 bits per heavy atom. The Kier molecular flexibility index (Phi) is 4.70. The molecule has 0 bridgehead atoms. The van der Waals surface area contributed by atoms with E-state index in [9.17, 15) is 4.79 Å². The van der Waals surface area contributed by atoms with E-state index in [0.29, 0.717) is 18.3 Å². The van der Waals surface area contributed by atoms with E-state index < -0.39 is 0 Å². The maximum Gasteiger partial charge on any atom is 0.266 e. The topological polar surface area (TPSA) is 84.2 Å². The Bertz CT molecular complexity index is 731. The molecule has 0 spiro atoms. The number of thiazole rings is 1. The maximum absolute atomic E-state index is 12.0. The van der Waals surface area contributed by atoms with Gasteiger partial charge in [-0.3, -0.25) is 4.79 Å². The van der Waals surface area contributed by atoms with Crippen LogP contribution in [-0.2, 0) is 11.2 Å². The fourth-order valence-corrected chi connectivity index (χ4v) is 3.78. The standard InChI is InChI=1S/C17H23N5O2S/c1-11-19-14(10-25-11)8-15(23)18-9-12-4-6-22(7-5-12)17-20-16(24-21-17)13-2-3-13/h10,12-13H,2-9H2,1H3,(H,18,23). The average Bonchev–Trinajstić information content (AvgIpc) is 3.21. The van der Waals surface area contributed by atoms with E-state index in [0.717, 1.165) is 55.0 Å². The third kappa shape index (κ3) is 4.18. The number of aryl methyl sites for hydroxylation is 1. The second kappa shape index (κ2) is 7.11. The van der Waals surface area contributed by atoms with Gasteiger partial charge in [0.15, 0.2) is 0 Å². The predicted molar refractivity (Wildman–Crippen MR) is 94.8 cm³/mol. The fraction of sp³-hybridized carbons (Fsp3) is 0.647. The van der Waals surface area contributed by atoms with Crippen LogP contribution in [0.1, 0.15) is 48.2 Å². The molecule has 1 N–H and O–H groups in total. The second-order valence-corrected chi connectivity index (χ2v) is 8.04. The smallest absolute Gasteiger partial charge is 0.266 e. The van der Waals surface area contributed by atoms with Crippen molar-refractivity contribution in [3.63, 3.8) is 0 Å². The lowest BCUT2D eigenvalue weighted by Crippen LogP contribution is -2.39. The Labute approximate surface area is 150 Å². The average molecular weight is 361 g/mol. The zero-order chi connectivity index (χ0) is 17.2. The van der Waals surface area contributed by atoms with Gasteiger partial charge in [-0.25, -0.2) is 4.98 Å². The normalized spacial score (nSPS) is 18.5. The van der Waals surface area contributed by atoms with Gasteiger partial charge in [0.05, 0.1) is 17.1 Å². The van der Waals surface area contributed by atoms with Gasteiger partial charge in [-0.2, -0.15) is 4.98 Å². The molecule has 0 unspecified atom stereocenters. The van der Waals surface area contributed by atoms with E-state index in [2.05, 4.69) is 25.3 Å². The largest absolute Gasteiger partial charge is 0.355 e. The summed E-state index contributed by atoms with van der Waals surface area (Å²) in [5, 5.41) is 10.1. The van der Waals surface area contributed by atoms with Crippen molar-refractivity contribution in [1.29, 1.82) is 0 Å². The van der Waals surface area contributed by atoms with Gasteiger partial charge in [0.25, 0.3) is 5.95 Å². The number of amides is 1. The van der Waals surface area contributed by atoms with Crippen LogP contribution in [0.3, 0.4) is 0 Å². The molecule has 7 nitrogen and oxygen atoms in total. The van der Waals surface area contributed by atoms with Crippen LogP contribution in [0.4, 0.5) is 5.95 Å². The van der Waals surface area contributed by atoms with E-state index in [-0.39, 0.29) is 5.91 Å². The van der Waals surface area contributed by atoms with Crippen LogP contribution in [-0.4, -0.2) is 40.7 Å². The van der Waals surface area contributed by atoms with Crippen LogP contribution in [0.2, 0.25) is 0 Å². The molecule has 1 aliphatic carbocycles. The number of nitrogens with one attached hydrogen (secondary N) is 1. The van der Waals surface area contributed by atoms with E-state index in [1.165, 1.54) is 12.8 Å². The van der Waals surface area contributed by atoms with Crippen LogP contribution < -0.4 is 10.2 Å². The number of piperidine rings is 1. The number of hydrogen-bond acceptors (Lipinski definition) is 7. The highest BCUT2D eigenvalue weighted by Crippen LogP contribution is 2.39. The molecule has 1 saturated heterocycles. The van der Waals surface area contributed by atoms with Gasteiger partial charge < -0.3 is 14.7 Å². The van der Waals surface area contributed by atoms with E-state index in [4.69, 9.17) is 4.52 Å². The molecule has 2 aromatic heterocycles. The summed E-state index contributed by atoms with van der Waals surface area (Å²) in [4.78, 5) is 23.1. The van der Waals surface area contributed by atoms with E-state index in [1.54, 1.807) is 11.3 Å². The Hall–Kier alpha value is -1.96. The van der Waals surface area contributed by atoms with Gasteiger partial charge in [-0.15, -0.1) is 11.3 Å². The molecule has 4 rings (SSSR count). The van der Waals surface area contributed by atoms with Gasteiger partial charge in [0.2, 0.25) is 11.8 Å². The first-order valence-electron chi connectivity index (χ1n) is 8.93. The molecule has 2 aromatic rings. The number of hydrogen-bond donors (Lipinski definition) is 1. The molecule has 8 heteroatoms. The van der Waals surface area contributed by atoms with Crippen molar-refractivity contribution in [2.24, 2.45) is 5.92 Å². The molecule has 25 heavy (non-hydrogen) atoms. The van der Waals surface area contributed by atoms with Crippen molar-refractivity contribution < 1.29 is 9.32 Å². The number of carbonyl (C=O) groups is 1. The number of nitrogens with zero attached hydrogens (tertiary/aromatic N) is 4. The number of anilines is 1. The molecule has 2 fully saturated rings. The lowest BCUT2D eigenvalue weighted by molar-refractivity contribution is -0.120. The van der Waals surface area contributed by atoms with Crippen LogP contribution in [0.5, 0.6) is 0 Å². The molecular weight excluding hydrogens is 338 g/mol. The molecule has 0 radical (unpaired) electrons. The van der Waals surface area contributed by atoms with Crippen molar-refractivity contribution in [3.05, 3.63) is 22.0 Å². The fourth-order valence-electron chi connectivity index (χ4n) is 3.16. The zero-order valence-corrected chi connectivity index (χ0v) is 15.2. The first-order valence-corrected chi connectivity index (χ1v) is 9.81. The zero-order valence-electron chi connectivity index (χ0n) is 14.4. The Morgan fingerprint density at radius 1 is 1.32 bits per heavy atom. The molecule has 2 aliphatic rings. The third-order valence-corrected chi connectivity index (χ3v) is 5.67. The molecule has 0 atom stereocenters. The van der Waals surface area contributed by atoms with Gasteiger partial charge in [-0.05, 0) is 43.7 Å².